The van der Waals surface area contributed by atoms with Crippen molar-refractivity contribution >= 4 is 15.8 Å². The fraction of sp³-hybridized carbons (Fsp3) is 0.900. The molecule has 5 nitrogen and oxygen atoms in total. The molecule has 6 heteroatoms. The zero-order chi connectivity index (χ0) is 12.2. The Morgan fingerprint density at radius 3 is 2.56 bits per heavy atom. The SMILES string of the molecule is CC(C)(C)OC(=O)C12CNCC1S(=O)(=O)C2. The molecule has 0 amide bonds. The van der Waals surface area contributed by atoms with Crippen LogP contribution in [0.4, 0.5) is 0 Å². The second-order valence-corrected chi connectivity index (χ2v) is 7.77. The minimum Gasteiger partial charge on any atom is -0.459 e. The van der Waals surface area contributed by atoms with Gasteiger partial charge in [-0.2, -0.15) is 0 Å². The van der Waals surface area contributed by atoms with E-state index >= 15 is 0 Å². The van der Waals surface area contributed by atoms with Gasteiger partial charge in [0.05, 0.1) is 11.0 Å². The molecule has 16 heavy (non-hydrogen) atoms. The summed E-state index contributed by atoms with van der Waals surface area (Å²) >= 11 is 0. The van der Waals surface area contributed by atoms with Crippen molar-refractivity contribution in [1.29, 1.82) is 0 Å². The molecule has 1 N–H and O–H groups in total. The van der Waals surface area contributed by atoms with Crippen LogP contribution in [0.3, 0.4) is 0 Å². The van der Waals surface area contributed by atoms with Crippen LogP contribution in [0.15, 0.2) is 0 Å². The molecule has 0 aromatic heterocycles. The van der Waals surface area contributed by atoms with Gasteiger partial charge in [-0.1, -0.05) is 0 Å². The van der Waals surface area contributed by atoms with Crippen LogP contribution >= 0.6 is 0 Å². The number of rotatable bonds is 1. The van der Waals surface area contributed by atoms with Crippen LogP contribution in [-0.4, -0.2) is 44.1 Å². The van der Waals surface area contributed by atoms with Gasteiger partial charge >= 0.3 is 5.97 Å². The van der Waals surface area contributed by atoms with E-state index in [4.69, 9.17) is 4.74 Å². The summed E-state index contributed by atoms with van der Waals surface area (Å²) < 4.78 is 28.4. The number of hydrogen-bond donors (Lipinski definition) is 1. The first kappa shape index (κ1) is 11.9. The van der Waals surface area contributed by atoms with E-state index in [9.17, 15) is 13.2 Å². The third-order valence-corrected chi connectivity index (χ3v) is 5.49. The van der Waals surface area contributed by atoms with E-state index in [-0.39, 0.29) is 11.7 Å². The normalized spacial score (nSPS) is 36.3. The van der Waals surface area contributed by atoms with E-state index in [1.165, 1.54) is 0 Å². The highest BCUT2D eigenvalue weighted by Gasteiger charge is 2.66. The average molecular weight is 247 g/mol. The molecule has 0 radical (unpaired) electrons. The number of sulfone groups is 1. The summed E-state index contributed by atoms with van der Waals surface area (Å²) in [6, 6.07) is 0. The van der Waals surface area contributed by atoms with E-state index in [2.05, 4.69) is 5.32 Å². The smallest absolute Gasteiger partial charge is 0.316 e. The van der Waals surface area contributed by atoms with Crippen molar-refractivity contribution in [2.24, 2.45) is 5.41 Å². The van der Waals surface area contributed by atoms with Crippen LogP contribution in [-0.2, 0) is 19.4 Å². The van der Waals surface area contributed by atoms with Gasteiger partial charge in [0, 0.05) is 13.1 Å². The molecule has 0 saturated carbocycles. The summed E-state index contributed by atoms with van der Waals surface area (Å²) in [7, 11) is -3.08. The summed E-state index contributed by atoms with van der Waals surface area (Å²) in [6.07, 6.45) is 0. The molecule has 0 bridgehead atoms. The van der Waals surface area contributed by atoms with Crippen LogP contribution in [0.1, 0.15) is 20.8 Å². The molecule has 2 unspecified atom stereocenters. The van der Waals surface area contributed by atoms with E-state index in [1.807, 2.05) is 0 Å². The first-order valence-electron chi connectivity index (χ1n) is 5.33. The minimum absolute atomic E-state index is 0.0768. The van der Waals surface area contributed by atoms with Crippen molar-refractivity contribution in [3.05, 3.63) is 0 Å². The third-order valence-electron chi connectivity index (χ3n) is 3.08. The lowest BCUT2D eigenvalue weighted by molar-refractivity contribution is -0.165. The van der Waals surface area contributed by atoms with Gasteiger partial charge in [-0.25, -0.2) is 8.42 Å². The average Bonchev–Trinajstić information content (AvgIpc) is 2.41. The first-order chi connectivity index (χ1) is 7.17. The lowest BCUT2D eigenvalue weighted by atomic mass is 9.87. The van der Waals surface area contributed by atoms with Crippen LogP contribution in [0.25, 0.3) is 0 Å². The van der Waals surface area contributed by atoms with E-state index in [0.717, 1.165) is 0 Å². The second kappa shape index (κ2) is 3.20. The highest BCUT2D eigenvalue weighted by atomic mass is 32.2. The van der Waals surface area contributed by atoms with Gasteiger partial charge in [0.1, 0.15) is 11.0 Å². The second-order valence-electron chi connectivity index (χ2n) is 5.58. The fourth-order valence-electron chi connectivity index (χ4n) is 2.35. The van der Waals surface area contributed by atoms with Crippen molar-refractivity contribution in [1.82, 2.24) is 5.32 Å². The predicted octanol–water partition coefficient (Wildman–Crippen LogP) is -0.285. The molecule has 2 heterocycles. The van der Waals surface area contributed by atoms with Gasteiger partial charge in [-0.3, -0.25) is 4.79 Å². The highest BCUT2D eigenvalue weighted by Crippen LogP contribution is 2.44. The van der Waals surface area contributed by atoms with Crippen molar-refractivity contribution in [3.63, 3.8) is 0 Å². The summed E-state index contributed by atoms with van der Waals surface area (Å²) in [5.41, 5.74) is -1.40. The molecule has 0 spiro atoms. The van der Waals surface area contributed by atoms with E-state index < -0.39 is 26.1 Å². The van der Waals surface area contributed by atoms with Gasteiger partial charge < -0.3 is 10.1 Å². The number of hydrogen-bond acceptors (Lipinski definition) is 5. The number of carbonyl (C=O) groups is 1. The Balaban J connectivity index is 2.19. The van der Waals surface area contributed by atoms with Crippen molar-refractivity contribution in [2.75, 3.05) is 18.8 Å². The number of nitrogens with one attached hydrogen (secondary N) is 1. The van der Waals surface area contributed by atoms with Crippen LogP contribution in [0.5, 0.6) is 0 Å². The first-order valence-corrected chi connectivity index (χ1v) is 7.05. The molecule has 0 aromatic carbocycles. The number of esters is 1. The quantitative estimate of drug-likeness (QED) is 0.645. The van der Waals surface area contributed by atoms with Gasteiger partial charge in [0.25, 0.3) is 0 Å². The number of ether oxygens (including phenoxy) is 1. The molecule has 2 aliphatic rings. The topological polar surface area (TPSA) is 72.5 Å². The Morgan fingerprint density at radius 2 is 2.06 bits per heavy atom. The van der Waals surface area contributed by atoms with Crippen molar-refractivity contribution in [3.8, 4) is 0 Å². The van der Waals surface area contributed by atoms with E-state index in [1.54, 1.807) is 20.8 Å². The summed E-state index contributed by atoms with van der Waals surface area (Å²) in [4.78, 5) is 12.0. The van der Waals surface area contributed by atoms with Gasteiger partial charge in [-0.05, 0) is 20.8 Å². The number of carbonyl (C=O) groups excluding carboxylic acids is 1. The molecule has 2 atom stereocenters. The monoisotopic (exact) mass is 247 g/mol. The Morgan fingerprint density at radius 1 is 1.44 bits per heavy atom. The van der Waals surface area contributed by atoms with E-state index in [0.29, 0.717) is 13.1 Å². The maximum atomic E-state index is 12.0. The van der Waals surface area contributed by atoms with Crippen LogP contribution < -0.4 is 5.32 Å². The Labute approximate surface area is 95.5 Å². The molecular weight excluding hydrogens is 230 g/mol. The molecule has 2 saturated heterocycles. The van der Waals surface area contributed by atoms with Gasteiger partial charge in [0.2, 0.25) is 0 Å². The summed E-state index contributed by atoms with van der Waals surface area (Å²) in [5.74, 6) is -0.461. The molecule has 2 rings (SSSR count). The standard InChI is InChI=1S/C10H17NO4S/c1-9(2,3)15-8(12)10-5-11-4-7(10)16(13,14)6-10/h7,11H,4-6H2,1-3H3. The van der Waals surface area contributed by atoms with Crippen molar-refractivity contribution < 1.29 is 17.9 Å². The maximum Gasteiger partial charge on any atom is 0.316 e. The summed E-state index contributed by atoms with van der Waals surface area (Å²) in [6.45, 7) is 6.12. The van der Waals surface area contributed by atoms with Gasteiger partial charge in [0.15, 0.2) is 9.84 Å². The van der Waals surface area contributed by atoms with Gasteiger partial charge in [-0.15, -0.1) is 0 Å². The van der Waals surface area contributed by atoms with Crippen LogP contribution in [0, 0.1) is 5.41 Å². The Hall–Kier alpha value is -0.620. The van der Waals surface area contributed by atoms with Crippen molar-refractivity contribution in [2.45, 2.75) is 31.6 Å². The zero-order valence-corrected chi connectivity index (χ0v) is 10.6. The minimum atomic E-state index is -3.08. The molecule has 0 aromatic rings. The predicted molar refractivity (Wildman–Crippen MR) is 58.7 cm³/mol. The Kier molecular flexibility index (Phi) is 2.37. The fourth-order valence-corrected chi connectivity index (χ4v) is 4.72. The maximum absolute atomic E-state index is 12.0. The molecule has 2 fully saturated rings. The molecular formula is C10H17NO4S. The molecule has 0 aliphatic carbocycles. The largest absolute Gasteiger partial charge is 0.459 e. The Bertz CT molecular complexity index is 423. The highest BCUT2D eigenvalue weighted by molar-refractivity contribution is 7.93. The zero-order valence-electron chi connectivity index (χ0n) is 9.74. The summed E-state index contributed by atoms with van der Waals surface area (Å²) in [5, 5.41) is 2.38. The van der Waals surface area contributed by atoms with Crippen LogP contribution in [0.2, 0.25) is 0 Å². The number of fused-ring (bicyclic) bond motifs is 1. The lowest BCUT2D eigenvalue weighted by Crippen LogP contribution is -2.62. The lowest BCUT2D eigenvalue weighted by Gasteiger charge is -2.41. The molecule has 92 valence electrons. The third kappa shape index (κ3) is 1.64. The molecule has 2 aliphatic heterocycles.